The number of fused-ring (bicyclic) bond motifs is 1. The van der Waals surface area contributed by atoms with Crippen LogP contribution in [0, 0.1) is 0 Å². The minimum Gasteiger partial charge on any atom is -0.379 e. The van der Waals surface area contributed by atoms with E-state index in [0.717, 1.165) is 10.9 Å². The lowest BCUT2D eigenvalue weighted by Crippen LogP contribution is -2.10. The maximum Gasteiger partial charge on any atom is 0.255 e. The van der Waals surface area contributed by atoms with Crippen molar-refractivity contribution in [2.24, 2.45) is 0 Å². The Bertz CT molecular complexity index is 452. The first-order valence-corrected chi connectivity index (χ1v) is 4.63. The zero-order valence-corrected chi connectivity index (χ0v) is 7.95. The van der Waals surface area contributed by atoms with Crippen LogP contribution in [0.5, 0.6) is 0 Å². The lowest BCUT2D eigenvalue weighted by atomic mass is 10.2. The van der Waals surface area contributed by atoms with Crippen LogP contribution in [0.25, 0.3) is 10.9 Å². The molecule has 0 fully saturated rings. The Hall–Kier alpha value is -1.71. The molecule has 0 bridgehead atoms. The summed E-state index contributed by atoms with van der Waals surface area (Å²) in [7, 11) is 0. The molecule has 1 heterocycles. The number of aromatic nitrogens is 1. The Morgan fingerprint density at radius 3 is 2.80 bits per heavy atom. The third-order valence-electron chi connectivity index (χ3n) is 2.10. The molecule has 78 valence electrons. The normalized spacial score (nSPS) is 10.9. The number of nitrogens with zero attached hydrogens (tertiary/aromatic N) is 1. The Kier molecular flexibility index (Phi) is 2.76. The molecule has 0 spiro atoms. The fourth-order valence-corrected chi connectivity index (χ4v) is 1.44. The molecule has 4 heteroatoms. The second kappa shape index (κ2) is 4.21. The molecule has 0 unspecified atom stereocenters. The van der Waals surface area contributed by atoms with Crippen LogP contribution < -0.4 is 5.32 Å². The summed E-state index contributed by atoms with van der Waals surface area (Å²) in [5, 5.41) is 3.56. The molecule has 0 aliphatic carbocycles. The number of para-hydroxylation sites is 1. The van der Waals surface area contributed by atoms with Crippen molar-refractivity contribution in [1.82, 2.24) is 4.98 Å². The second-order valence-corrected chi connectivity index (χ2v) is 3.15. The van der Waals surface area contributed by atoms with Crippen molar-refractivity contribution in [3.8, 4) is 0 Å². The molecule has 1 aromatic heterocycles. The predicted octanol–water partition coefficient (Wildman–Crippen LogP) is 2.91. The quantitative estimate of drug-likeness (QED) is 0.838. The summed E-state index contributed by atoms with van der Waals surface area (Å²) < 4.78 is 24.1. The van der Waals surface area contributed by atoms with E-state index in [1.165, 1.54) is 0 Å². The SMILES string of the molecule is FC(F)CNc1ccnc2ccccc12. The Balaban J connectivity index is 2.34. The van der Waals surface area contributed by atoms with Gasteiger partial charge in [0.2, 0.25) is 0 Å². The van der Waals surface area contributed by atoms with Gasteiger partial charge in [0.15, 0.2) is 0 Å². The topological polar surface area (TPSA) is 24.9 Å². The number of hydrogen-bond donors (Lipinski definition) is 1. The van der Waals surface area contributed by atoms with Crippen LogP contribution in [-0.2, 0) is 0 Å². The van der Waals surface area contributed by atoms with Crippen molar-refractivity contribution in [2.45, 2.75) is 6.43 Å². The number of halogens is 2. The molecule has 1 aromatic carbocycles. The molecule has 0 aliphatic rings. The van der Waals surface area contributed by atoms with Gasteiger partial charge in [0.1, 0.15) is 0 Å². The highest BCUT2D eigenvalue weighted by Crippen LogP contribution is 2.20. The maximum atomic E-state index is 12.0. The number of rotatable bonds is 3. The number of pyridine rings is 1. The van der Waals surface area contributed by atoms with E-state index >= 15 is 0 Å². The van der Waals surface area contributed by atoms with E-state index in [0.29, 0.717) is 5.69 Å². The van der Waals surface area contributed by atoms with Gasteiger partial charge in [-0.25, -0.2) is 8.78 Å². The Morgan fingerprint density at radius 2 is 2.00 bits per heavy atom. The number of benzene rings is 1. The molecule has 2 rings (SSSR count). The van der Waals surface area contributed by atoms with Gasteiger partial charge in [-0.1, -0.05) is 18.2 Å². The van der Waals surface area contributed by atoms with Crippen LogP contribution in [0.2, 0.25) is 0 Å². The van der Waals surface area contributed by atoms with Crippen molar-refractivity contribution in [1.29, 1.82) is 0 Å². The first kappa shape index (κ1) is 9.83. The highest BCUT2D eigenvalue weighted by Gasteiger charge is 2.04. The zero-order chi connectivity index (χ0) is 10.7. The molecule has 0 saturated heterocycles. The summed E-state index contributed by atoms with van der Waals surface area (Å²) in [5.41, 5.74) is 1.50. The van der Waals surface area contributed by atoms with E-state index in [1.54, 1.807) is 12.3 Å². The van der Waals surface area contributed by atoms with E-state index in [9.17, 15) is 8.78 Å². The maximum absolute atomic E-state index is 12.0. The van der Waals surface area contributed by atoms with E-state index in [2.05, 4.69) is 10.3 Å². The highest BCUT2D eigenvalue weighted by atomic mass is 19.3. The molecule has 2 nitrogen and oxygen atoms in total. The van der Waals surface area contributed by atoms with Gasteiger partial charge in [0, 0.05) is 17.3 Å². The molecule has 1 N–H and O–H groups in total. The first-order valence-electron chi connectivity index (χ1n) is 4.63. The lowest BCUT2D eigenvalue weighted by Gasteiger charge is -2.08. The smallest absolute Gasteiger partial charge is 0.255 e. The van der Waals surface area contributed by atoms with Crippen LogP contribution in [0.3, 0.4) is 0 Å². The fraction of sp³-hybridized carbons (Fsp3) is 0.182. The van der Waals surface area contributed by atoms with Gasteiger partial charge in [0.05, 0.1) is 12.1 Å². The zero-order valence-electron chi connectivity index (χ0n) is 7.95. The van der Waals surface area contributed by atoms with Crippen molar-refractivity contribution in [3.05, 3.63) is 36.5 Å². The van der Waals surface area contributed by atoms with Crippen molar-refractivity contribution in [2.75, 3.05) is 11.9 Å². The van der Waals surface area contributed by atoms with E-state index in [4.69, 9.17) is 0 Å². The van der Waals surface area contributed by atoms with Gasteiger partial charge >= 0.3 is 0 Å². The average Bonchev–Trinajstić information content (AvgIpc) is 2.26. The minimum absolute atomic E-state index is 0.339. The van der Waals surface area contributed by atoms with Gasteiger partial charge in [-0.3, -0.25) is 4.98 Å². The van der Waals surface area contributed by atoms with Crippen LogP contribution in [0.4, 0.5) is 14.5 Å². The lowest BCUT2D eigenvalue weighted by molar-refractivity contribution is 0.163. The summed E-state index contributed by atoms with van der Waals surface area (Å²) in [6.45, 7) is -0.339. The molecular formula is C11H10F2N2. The highest BCUT2D eigenvalue weighted by molar-refractivity contribution is 5.90. The van der Waals surface area contributed by atoms with Gasteiger partial charge in [-0.05, 0) is 12.1 Å². The number of anilines is 1. The predicted molar refractivity (Wildman–Crippen MR) is 56.2 cm³/mol. The first-order chi connectivity index (χ1) is 7.27. The van der Waals surface area contributed by atoms with Crippen molar-refractivity contribution >= 4 is 16.6 Å². The molecule has 2 aromatic rings. The molecule has 0 aliphatic heterocycles. The molecular weight excluding hydrogens is 198 g/mol. The summed E-state index contributed by atoms with van der Waals surface area (Å²) in [6, 6.07) is 9.13. The second-order valence-electron chi connectivity index (χ2n) is 3.15. The van der Waals surface area contributed by atoms with E-state index < -0.39 is 6.43 Å². The number of hydrogen-bond acceptors (Lipinski definition) is 2. The molecule has 15 heavy (non-hydrogen) atoms. The number of alkyl halides is 2. The average molecular weight is 208 g/mol. The van der Waals surface area contributed by atoms with Gasteiger partial charge in [-0.2, -0.15) is 0 Å². The Labute approximate surface area is 85.9 Å². The van der Waals surface area contributed by atoms with Gasteiger partial charge < -0.3 is 5.32 Å². The van der Waals surface area contributed by atoms with Gasteiger partial charge in [0.25, 0.3) is 6.43 Å². The number of nitrogens with one attached hydrogen (secondary N) is 1. The standard InChI is InChI=1S/C11H10F2N2/c12-11(13)7-15-10-5-6-14-9-4-2-1-3-8(9)10/h1-6,11H,7H2,(H,14,15). The molecule has 0 atom stereocenters. The third kappa shape index (κ3) is 2.21. The van der Waals surface area contributed by atoms with Gasteiger partial charge in [-0.15, -0.1) is 0 Å². The molecule has 0 radical (unpaired) electrons. The van der Waals surface area contributed by atoms with Crippen LogP contribution >= 0.6 is 0 Å². The monoisotopic (exact) mass is 208 g/mol. The molecule has 0 amide bonds. The van der Waals surface area contributed by atoms with Crippen LogP contribution in [0.15, 0.2) is 36.5 Å². The van der Waals surface area contributed by atoms with Crippen LogP contribution in [-0.4, -0.2) is 18.0 Å². The minimum atomic E-state index is -2.35. The van der Waals surface area contributed by atoms with E-state index in [-0.39, 0.29) is 6.54 Å². The summed E-state index contributed by atoms with van der Waals surface area (Å²) >= 11 is 0. The Morgan fingerprint density at radius 1 is 1.20 bits per heavy atom. The molecule has 0 saturated carbocycles. The van der Waals surface area contributed by atoms with Crippen molar-refractivity contribution < 1.29 is 8.78 Å². The summed E-state index contributed by atoms with van der Waals surface area (Å²) in [5.74, 6) is 0. The third-order valence-corrected chi connectivity index (χ3v) is 2.10. The summed E-state index contributed by atoms with van der Waals surface area (Å²) in [4.78, 5) is 4.14. The largest absolute Gasteiger partial charge is 0.379 e. The van der Waals surface area contributed by atoms with Crippen LogP contribution in [0.1, 0.15) is 0 Å². The summed E-state index contributed by atoms with van der Waals surface area (Å²) in [6.07, 6.45) is -0.743. The fourth-order valence-electron chi connectivity index (χ4n) is 1.44. The van der Waals surface area contributed by atoms with E-state index in [1.807, 2.05) is 24.3 Å². The van der Waals surface area contributed by atoms with Crippen molar-refractivity contribution in [3.63, 3.8) is 0 Å².